The van der Waals surface area contributed by atoms with Crippen LogP contribution in [-0.4, -0.2) is 10.9 Å². The molecule has 122 valence electrons. The van der Waals surface area contributed by atoms with Gasteiger partial charge in [-0.15, -0.1) is 0 Å². The fourth-order valence-electron chi connectivity index (χ4n) is 2.24. The second kappa shape index (κ2) is 6.41. The molecular formula is C17H11ClF2N2O2. The molecule has 0 saturated heterocycles. The molecule has 24 heavy (non-hydrogen) atoms. The number of fused-ring (bicyclic) bond motifs is 1. The topological polar surface area (TPSA) is 65.2 Å². The third kappa shape index (κ3) is 3.14. The van der Waals surface area contributed by atoms with Crippen LogP contribution in [0.5, 0.6) is 5.75 Å². The summed E-state index contributed by atoms with van der Waals surface area (Å²) in [7, 11) is 0. The SMILES string of the molecule is NC(=O)c1c(F)ccc(OCc2ccc3ccc(Cl)cc3n2)c1F. The van der Waals surface area contributed by atoms with Gasteiger partial charge in [0.25, 0.3) is 5.91 Å². The standard InChI is InChI=1S/C17H11ClF2N2O2/c18-10-3-1-9-2-4-11(22-13(9)7-10)8-24-14-6-5-12(19)15(16(14)20)17(21)23/h1-7H,8H2,(H2,21,23). The molecule has 0 spiro atoms. The average Bonchev–Trinajstić information content (AvgIpc) is 2.53. The Hall–Kier alpha value is -2.73. The molecule has 0 aliphatic heterocycles. The van der Waals surface area contributed by atoms with E-state index in [9.17, 15) is 13.6 Å². The maximum atomic E-state index is 14.1. The number of ether oxygens (including phenoxy) is 1. The average molecular weight is 349 g/mol. The lowest BCUT2D eigenvalue weighted by Crippen LogP contribution is -2.16. The van der Waals surface area contributed by atoms with E-state index in [0.717, 1.165) is 17.5 Å². The highest BCUT2D eigenvalue weighted by molar-refractivity contribution is 6.31. The molecule has 3 aromatic rings. The quantitative estimate of drug-likeness (QED) is 0.779. The van der Waals surface area contributed by atoms with Crippen molar-refractivity contribution < 1.29 is 18.3 Å². The third-order valence-electron chi connectivity index (χ3n) is 3.39. The molecule has 3 rings (SSSR count). The number of halogens is 3. The Labute approximate surface area is 140 Å². The lowest BCUT2D eigenvalue weighted by molar-refractivity contribution is 0.0991. The number of pyridine rings is 1. The zero-order chi connectivity index (χ0) is 17.3. The molecule has 4 nitrogen and oxygen atoms in total. The number of carbonyl (C=O) groups excluding carboxylic acids is 1. The first-order valence-electron chi connectivity index (χ1n) is 6.91. The highest BCUT2D eigenvalue weighted by Gasteiger charge is 2.19. The van der Waals surface area contributed by atoms with Crippen molar-refractivity contribution in [1.82, 2.24) is 4.98 Å². The van der Waals surface area contributed by atoms with Crippen molar-refractivity contribution in [2.75, 3.05) is 0 Å². The lowest BCUT2D eigenvalue weighted by Gasteiger charge is -2.10. The van der Waals surface area contributed by atoms with Crippen LogP contribution in [0.25, 0.3) is 10.9 Å². The summed E-state index contributed by atoms with van der Waals surface area (Å²) in [6.07, 6.45) is 0. The van der Waals surface area contributed by atoms with Crippen LogP contribution in [0, 0.1) is 11.6 Å². The number of hydrogen-bond donors (Lipinski definition) is 1. The maximum Gasteiger partial charge on any atom is 0.254 e. The van der Waals surface area contributed by atoms with E-state index in [1.807, 2.05) is 12.1 Å². The summed E-state index contributed by atoms with van der Waals surface area (Å²) in [5, 5.41) is 1.44. The first-order chi connectivity index (χ1) is 11.5. The van der Waals surface area contributed by atoms with Gasteiger partial charge in [-0.1, -0.05) is 23.7 Å². The molecule has 0 unspecified atom stereocenters. The van der Waals surface area contributed by atoms with E-state index < -0.39 is 23.1 Å². The van der Waals surface area contributed by atoms with E-state index in [2.05, 4.69) is 4.98 Å². The second-order valence-electron chi connectivity index (χ2n) is 5.03. The predicted octanol–water partition coefficient (Wildman–Crippen LogP) is 3.84. The van der Waals surface area contributed by atoms with E-state index in [1.165, 1.54) is 0 Å². The Balaban J connectivity index is 1.86. The van der Waals surface area contributed by atoms with E-state index >= 15 is 0 Å². The number of amides is 1. The maximum absolute atomic E-state index is 14.1. The van der Waals surface area contributed by atoms with Gasteiger partial charge >= 0.3 is 0 Å². The van der Waals surface area contributed by atoms with Crippen LogP contribution in [0.1, 0.15) is 16.1 Å². The van der Waals surface area contributed by atoms with Crippen molar-refractivity contribution in [2.45, 2.75) is 6.61 Å². The largest absolute Gasteiger partial charge is 0.484 e. The lowest BCUT2D eigenvalue weighted by atomic mass is 10.1. The molecule has 0 radical (unpaired) electrons. The Kier molecular flexibility index (Phi) is 4.31. The van der Waals surface area contributed by atoms with E-state index in [0.29, 0.717) is 16.2 Å². The molecule has 0 atom stereocenters. The minimum atomic E-state index is -1.20. The summed E-state index contributed by atoms with van der Waals surface area (Å²) in [6.45, 7) is -0.0663. The zero-order valence-electron chi connectivity index (χ0n) is 12.2. The van der Waals surface area contributed by atoms with Gasteiger partial charge in [-0.05, 0) is 30.3 Å². The van der Waals surface area contributed by atoms with Crippen LogP contribution >= 0.6 is 11.6 Å². The minimum absolute atomic E-state index is 0.0663. The van der Waals surface area contributed by atoms with E-state index in [1.54, 1.807) is 18.2 Å². The van der Waals surface area contributed by atoms with Gasteiger partial charge in [-0.25, -0.2) is 13.8 Å². The van der Waals surface area contributed by atoms with Crippen molar-refractivity contribution in [3.05, 3.63) is 70.4 Å². The fraction of sp³-hybridized carbons (Fsp3) is 0.0588. The van der Waals surface area contributed by atoms with E-state index in [4.69, 9.17) is 22.1 Å². The van der Waals surface area contributed by atoms with E-state index in [-0.39, 0.29) is 12.4 Å². The molecule has 2 aromatic carbocycles. The van der Waals surface area contributed by atoms with Gasteiger partial charge in [0.2, 0.25) is 0 Å². The molecule has 0 aliphatic carbocycles. The van der Waals surface area contributed by atoms with Crippen LogP contribution in [0.3, 0.4) is 0 Å². The van der Waals surface area contributed by atoms with Crippen molar-refractivity contribution in [3.8, 4) is 5.75 Å². The van der Waals surface area contributed by atoms with Crippen molar-refractivity contribution >= 4 is 28.4 Å². The molecule has 7 heteroatoms. The Morgan fingerprint density at radius 2 is 1.92 bits per heavy atom. The van der Waals surface area contributed by atoms with Crippen LogP contribution in [0.4, 0.5) is 8.78 Å². The number of benzene rings is 2. The number of nitrogens with zero attached hydrogens (tertiary/aromatic N) is 1. The number of carbonyl (C=O) groups is 1. The molecule has 1 aromatic heterocycles. The van der Waals surface area contributed by atoms with Gasteiger partial charge in [-0.2, -0.15) is 0 Å². The van der Waals surface area contributed by atoms with Crippen molar-refractivity contribution in [3.63, 3.8) is 0 Å². The monoisotopic (exact) mass is 348 g/mol. The van der Waals surface area contributed by atoms with Gasteiger partial charge < -0.3 is 10.5 Å². The highest BCUT2D eigenvalue weighted by Crippen LogP contribution is 2.24. The predicted molar refractivity (Wildman–Crippen MR) is 86.0 cm³/mol. The Morgan fingerprint density at radius 3 is 2.67 bits per heavy atom. The van der Waals surface area contributed by atoms with Crippen molar-refractivity contribution in [2.24, 2.45) is 5.73 Å². The molecule has 2 N–H and O–H groups in total. The van der Waals surface area contributed by atoms with Crippen LogP contribution < -0.4 is 10.5 Å². The first-order valence-corrected chi connectivity index (χ1v) is 7.29. The highest BCUT2D eigenvalue weighted by atomic mass is 35.5. The first kappa shape index (κ1) is 16.1. The second-order valence-corrected chi connectivity index (χ2v) is 5.46. The third-order valence-corrected chi connectivity index (χ3v) is 3.62. The summed E-state index contributed by atoms with van der Waals surface area (Å²) in [6, 6.07) is 10.8. The summed E-state index contributed by atoms with van der Waals surface area (Å²) in [5.74, 6) is -3.65. The number of aromatic nitrogens is 1. The Morgan fingerprint density at radius 1 is 1.17 bits per heavy atom. The fourth-order valence-corrected chi connectivity index (χ4v) is 2.40. The van der Waals surface area contributed by atoms with Crippen molar-refractivity contribution in [1.29, 1.82) is 0 Å². The zero-order valence-corrected chi connectivity index (χ0v) is 13.0. The van der Waals surface area contributed by atoms with Crippen LogP contribution in [0.15, 0.2) is 42.5 Å². The molecule has 0 aliphatic rings. The Bertz CT molecular complexity index is 947. The smallest absolute Gasteiger partial charge is 0.254 e. The number of primary amides is 1. The summed E-state index contributed by atoms with van der Waals surface area (Å²) in [5.41, 5.74) is 5.33. The van der Waals surface area contributed by atoms with Gasteiger partial charge in [0.05, 0.1) is 11.2 Å². The molecular weight excluding hydrogens is 338 g/mol. The number of rotatable bonds is 4. The summed E-state index contributed by atoms with van der Waals surface area (Å²) < 4.78 is 32.8. The van der Waals surface area contributed by atoms with Gasteiger partial charge in [0.15, 0.2) is 11.6 Å². The number of hydrogen-bond acceptors (Lipinski definition) is 3. The van der Waals surface area contributed by atoms with Gasteiger partial charge in [-0.3, -0.25) is 4.79 Å². The molecule has 1 heterocycles. The summed E-state index contributed by atoms with van der Waals surface area (Å²) >= 11 is 5.93. The molecule has 0 bridgehead atoms. The summed E-state index contributed by atoms with van der Waals surface area (Å²) in [4.78, 5) is 15.5. The normalized spacial score (nSPS) is 10.8. The van der Waals surface area contributed by atoms with Crippen LogP contribution in [-0.2, 0) is 6.61 Å². The van der Waals surface area contributed by atoms with Gasteiger partial charge in [0.1, 0.15) is 18.0 Å². The molecule has 1 amide bonds. The minimum Gasteiger partial charge on any atom is -0.484 e. The van der Waals surface area contributed by atoms with Crippen LogP contribution in [0.2, 0.25) is 5.02 Å². The molecule has 0 saturated carbocycles. The van der Waals surface area contributed by atoms with Gasteiger partial charge in [0, 0.05) is 10.4 Å². The molecule has 0 fully saturated rings. The number of nitrogens with two attached hydrogens (primary N) is 1.